The number of carbonyl (C=O) groups excluding carboxylic acids is 1. The van der Waals surface area contributed by atoms with Crippen LogP contribution in [-0.4, -0.2) is 29.6 Å². The Labute approximate surface area is 161 Å². The third kappa shape index (κ3) is 3.73. The molecule has 2 aromatic heterocycles. The molecule has 27 heavy (non-hydrogen) atoms. The molecule has 0 aliphatic heterocycles. The van der Waals surface area contributed by atoms with Gasteiger partial charge in [-0.2, -0.15) is 0 Å². The van der Waals surface area contributed by atoms with Crippen LogP contribution in [0.1, 0.15) is 25.1 Å². The Morgan fingerprint density at radius 1 is 1.19 bits per heavy atom. The summed E-state index contributed by atoms with van der Waals surface area (Å²) in [5, 5.41) is 0.602. The lowest BCUT2D eigenvalue weighted by molar-refractivity contribution is -0.117. The molecule has 0 unspecified atom stereocenters. The van der Waals surface area contributed by atoms with Crippen molar-refractivity contribution in [3.8, 4) is 22.9 Å². The fraction of sp³-hybridized carbons (Fsp3) is 0.350. The molecule has 3 aromatic rings. The van der Waals surface area contributed by atoms with E-state index in [1.165, 1.54) is 18.3 Å². The number of benzene rings is 1. The van der Waals surface area contributed by atoms with Crippen LogP contribution < -0.4 is 15.0 Å². The Kier molecular flexibility index (Phi) is 5.60. The first-order valence-electron chi connectivity index (χ1n) is 8.73. The van der Waals surface area contributed by atoms with Gasteiger partial charge >= 0.3 is 0 Å². The van der Waals surface area contributed by atoms with Crippen molar-refractivity contribution in [3.05, 3.63) is 39.5 Å². The van der Waals surface area contributed by atoms with Gasteiger partial charge in [0.25, 0.3) is 5.56 Å². The van der Waals surface area contributed by atoms with E-state index in [0.29, 0.717) is 27.5 Å². The Morgan fingerprint density at radius 3 is 2.56 bits per heavy atom. The predicted molar refractivity (Wildman–Crippen MR) is 107 cm³/mol. The topological polar surface area (TPSA) is 70.4 Å². The number of nitrogens with zero attached hydrogens (tertiary/aromatic N) is 2. The number of thiophene rings is 1. The van der Waals surface area contributed by atoms with Crippen molar-refractivity contribution < 1.29 is 14.3 Å². The molecule has 0 atom stereocenters. The highest BCUT2D eigenvalue weighted by molar-refractivity contribution is 7.18. The normalized spacial score (nSPS) is 11.0. The van der Waals surface area contributed by atoms with Crippen molar-refractivity contribution in [3.63, 3.8) is 0 Å². The maximum Gasteiger partial charge on any atom is 0.262 e. The molecule has 7 heteroatoms. The molecule has 6 nitrogen and oxygen atoms in total. The number of aromatic nitrogens is 2. The van der Waals surface area contributed by atoms with Gasteiger partial charge in [-0.1, -0.05) is 6.92 Å². The van der Waals surface area contributed by atoms with Crippen molar-refractivity contribution >= 4 is 27.3 Å². The molecule has 0 saturated carbocycles. The Hall–Kier alpha value is -2.67. The third-order valence-electron chi connectivity index (χ3n) is 4.38. The first-order chi connectivity index (χ1) is 13.0. The summed E-state index contributed by atoms with van der Waals surface area (Å²) >= 11 is 1.52. The largest absolute Gasteiger partial charge is 0.493 e. The van der Waals surface area contributed by atoms with Gasteiger partial charge in [0.05, 0.1) is 19.6 Å². The number of hydrogen-bond donors (Lipinski definition) is 0. The van der Waals surface area contributed by atoms with Gasteiger partial charge in [-0.15, -0.1) is 11.3 Å². The second kappa shape index (κ2) is 7.92. The molecule has 0 fully saturated rings. The minimum absolute atomic E-state index is 0.0276. The number of Topliss-reactive ketones (excluding diaryl/α,β-unsaturated/α-hetero) is 1. The van der Waals surface area contributed by atoms with E-state index in [4.69, 9.17) is 14.5 Å². The van der Waals surface area contributed by atoms with Crippen molar-refractivity contribution in [1.29, 1.82) is 0 Å². The second-order valence-corrected chi connectivity index (χ2v) is 7.31. The van der Waals surface area contributed by atoms with Crippen LogP contribution in [0.25, 0.3) is 21.6 Å². The van der Waals surface area contributed by atoms with Gasteiger partial charge in [-0.05, 0) is 37.6 Å². The smallest absolute Gasteiger partial charge is 0.262 e. The first kappa shape index (κ1) is 19.1. The number of fused-ring (bicyclic) bond motifs is 1. The van der Waals surface area contributed by atoms with Gasteiger partial charge in [-0.3, -0.25) is 14.2 Å². The first-order valence-corrected chi connectivity index (χ1v) is 9.55. The fourth-order valence-electron chi connectivity index (χ4n) is 2.91. The minimum Gasteiger partial charge on any atom is -0.493 e. The summed E-state index contributed by atoms with van der Waals surface area (Å²) < 4.78 is 12.3. The van der Waals surface area contributed by atoms with Gasteiger partial charge in [-0.25, -0.2) is 4.98 Å². The van der Waals surface area contributed by atoms with Gasteiger partial charge in [0.15, 0.2) is 11.5 Å². The van der Waals surface area contributed by atoms with Crippen LogP contribution in [0, 0.1) is 0 Å². The van der Waals surface area contributed by atoms with Crippen LogP contribution in [0.2, 0.25) is 0 Å². The maximum absolute atomic E-state index is 13.1. The molecule has 3 rings (SSSR count). The number of hydrogen-bond acceptors (Lipinski definition) is 6. The Balaban J connectivity index is 2.24. The Bertz CT molecular complexity index is 1050. The highest BCUT2D eigenvalue weighted by atomic mass is 32.1. The summed E-state index contributed by atoms with van der Waals surface area (Å²) in [6, 6.07) is 7.32. The highest BCUT2D eigenvalue weighted by Gasteiger charge is 2.17. The van der Waals surface area contributed by atoms with E-state index in [2.05, 4.69) is 0 Å². The molecule has 0 aliphatic rings. The molecular formula is C20H22N2O4S. The van der Waals surface area contributed by atoms with Crippen molar-refractivity contribution in [1.82, 2.24) is 9.55 Å². The summed E-state index contributed by atoms with van der Waals surface area (Å²) in [6.45, 7) is 3.86. The maximum atomic E-state index is 13.1. The van der Waals surface area contributed by atoms with E-state index in [9.17, 15) is 9.59 Å². The molecule has 0 bridgehead atoms. The molecule has 0 aliphatic carbocycles. The molecule has 0 amide bonds. The Morgan fingerprint density at radius 2 is 1.93 bits per heavy atom. The number of ketones is 1. The summed E-state index contributed by atoms with van der Waals surface area (Å²) in [5.74, 6) is 1.71. The standard InChI is InChI=1S/C20H22N2O4S/c1-5-14-11-15-19(27-14)21-18(22(20(15)24)9-8-12(2)23)13-6-7-16(25-3)17(10-13)26-4/h6-7,10-11H,5,8-9H2,1-4H3. The third-order valence-corrected chi connectivity index (χ3v) is 5.55. The average Bonchev–Trinajstić information content (AvgIpc) is 3.10. The average molecular weight is 386 g/mol. The monoisotopic (exact) mass is 386 g/mol. The van der Waals surface area contributed by atoms with Crippen LogP contribution in [0.15, 0.2) is 29.1 Å². The quantitative estimate of drug-likeness (QED) is 0.619. The summed E-state index contributed by atoms with van der Waals surface area (Å²) in [7, 11) is 3.14. The van der Waals surface area contributed by atoms with Crippen LogP contribution in [0.3, 0.4) is 0 Å². The van der Waals surface area contributed by atoms with E-state index in [0.717, 1.165) is 16.9 Å². The van der Waals surface area contributed by atoms with E-state index in [-0.39, 0.29) is 24.3 Å². The predicted octanol–water partition coefficient (Wildman–Crippen LogP) is 3.68. The molecule has 0 spiro atoms. The molecular weight excluding hydrogens is 364 g/mol. The number of aryl methyl sites for hydroxylation is 1. The molecule has 0 saturated heterocycles. The van der Waals surface area contributed by atoms with E-state index >= 15 is 0 Å². The van der Waals surface area contributed by atoms with Crippen LogP contribution in [0.4, 0.5) is 0 Å². The summed E-state index contributed by atoms with van der Waals surface area (Å²) in [5.41, 5.74) is 0.614. The fourth-order valence-corrected chi connectivity index (χ4v) is 3.87. The van der Waals surface area contributed by atoms with E-state index in [1.54, 1.807) is 30.9 Å². The lowest BCUT2D eigenvalue weighted by Gasteiger charge is -2.14. The minimum atomic E-state index is -0.123. The molecule has 1 aromatic carbocycles. The van der Waals surface area contributed by atoms with Crippen LogP contribution >= 0.6 is 11.3 Å². The van der Waals surface area contributed by atoms with Crippen molar-refractivity contribution in [2.24, 2.45) is 0 Å². The van der Waals surface area contributed by atoms with Gasteiger partial charge in [0, 0.05) is 23.4 Å². The number of carbonyl (C=O) groups is 1. The SMILES string of the molecule is CCc1cc2c(=O)n(CCC(C)=O)c(-c3ccc(OC)c(OC)c3)nc2s1. The number of ether oxygens (including phenoxy) is 2. The summed E-state index contributed by atoms with van der Waals surface area (Å²) in [4.78, 5) is 31.2. The van der Waals surface area contributed by atoms with Gasteiger partial charge < -0.3 is 9.47 Å². The van der Waals surface area contributed by atoms with Crippen LogP contribution in [-0.2, 0) is 17.8 Å². The zero-order chi connectivity index (χ0) is 19.6. The van der Waals surface area contributed by atoms with Gasteiger partial charge in [0.1, 0.15) is 16.4 Å². The number of rotatable bonds is 7. The zero-order valence-corrected chi connectivity index (χ0v) is 16.7. The van der Waals surface area contributed by atoms with E-state index < -0.39 is 0 Å². The summed E-state index contributed by atoms with van der Waals surface area (Å²) in [6.07, 6.45) is 1.12. The molecule has 0 radical (unpaired) electrons. The molecule has 142 valence electrons. The zero-order valence-electron chi connectivity index (χ0n) is 15.9. The second-order valence-electron chi connectivity index (χ2n) is 6.20. The highest BCUT2D eigenvalue weighted by Crippen LogP contribution is 2.32. The number of methoxy groups -OCH3 is 2. The van der Waals surface area contributed by atoms with Crippen molar-refractivity contribution in [2.45, 2.75) is 33.2 Å². The lowest BCUT2D eigenvalue weighted by Crippen LogP contribution is -2.24. The van der Waals surface area contributed by atoms with Crippen LogP contribution in [0.5, 0.6) is 11.5 Å². The molecule has 2 heterocycles. The van der Waals surface area contributed by atoms with E-state index in [1.807, 2.05) is 19.1 Å². The molecule has 0 N–H and O–H groups in total. The van der Waals surface area contributed by atoms with Gasteiger partial charge in [0.2, 0.25) is 0 Å². The lowest BCUT2D eigenvalue weighted by atomic mass is 10.1. The van der Waals surface area contributed by atoms with Crippen molar-refractivity contribution in [2.75, 3.05) is 14.2 Å².